The lowest BCUT2D eigenvalue weighted by Gasteiger charge is -2.37. The number of ether oxygens (including phenoxy) is 2. The minimum atomic E-state index is -0.448. The number of hydrogen-bond donors (Lipinski definition) is 0. The van der Waals surface area contributed by atoms with Crippen molar-refractivity contribution in [3.63, 3.8) is 0 Å². The number of nitrogens with zero attached hydrogens (tertiary/aromatic N) is 3. The number of benzene rings is 1. The van der Waals surface area contributed by atoms with Gasteiger partial charge in [0, 0.05) is 37.5 Å². The van der Waals surface area contributed by atoms with Crippen molar-refractivity contribution in [1.82, 2.24) is 14.5 Å². The van der Waals surface area contributed by atoms with Gasteiger partial charge >= 0.3 is 0 Å². The quantitative estimate of drug-likeness (QED) is 0.850. The number of imidazole rings is 1. The molecule has 2 aliphatic heterocycles. The summed E-state index contributed by atoms with van der Waals surface area (Å²) in [5, 5.41) is 0. The summed E-state index contributed by atoms with van der Waals surface area (Å²) >= 11 is 0. The minimum absolute atomic E-state index is 0.0591. The van der Waals surface area contributed by atoms with Gasteiger partial charge in [0.2, 0.25) is 0 Å². The number of amides is 1. The van der Waals surface area contributed by atoms with Gasteiger partial charge in [-0.15, -0.1) is 0 Å². The summed E-state index contributed by atoms with van der Waals surface area (Å²) in [6.07, 6.45) is 3.31. The molecule has 0 atom stereocenters. The van der Waals surface area contributed by atoms with Gasteiger partial charge in [-0.05, 0) is 32.0 Å². The Morgan fingerprint density at radius 1 is 1.21 bits per heavy atom. The van der Waals surface area contributed by atoms with Crippen molar-refractivity contribution in [2.45, 2.75) is 38.5 Å². The maximum absolute atomic E-state index is 12.8. The number of fused-ring (bicyclic) bond motifs is 1. The number of hydrogen-bond acceptors (Lipinski definition) is 4. The zero-order valence-corrected chi connectivity index (χ0v) is 14.2. The maximum Gasteiger partial charge on any atom is 0.253 e. The van der Waals surface area contributed by atoms with Crippen molar-refractivity contribution >= 4 is 16.9 Å². The van der Waals surface area contributed by atoms with E-state index in [0.29, 0.717) is 37.9 Å². The maximum atomic E-state index is 12.8. The largest absolute Gasteiger partial charge is 0.347 e. The van der Waals surface area contributed by atoms with Gasteiger partial charge in [-0.2, -0.15) is 0 Å². The van der Waals surface area contributed by atoms with Gasteiger partial charge in [0.15, 0.2) is 5.79 Å². The average molecular weight is 329 g/mol. The Kier molecular flexibility index (Phi) is 3.81. The SMILES string of the molecule is CC(C)n1cnc2cc(C(=O)N3CCC4(CC3)OCCO4)ccc21. The molecule has 0 N–H and O–H groups in total. The van der Waals surface area contributed by atoms with Crippen LogP contribution in [-0.2, 0) is 9.47 Å². The first kappa shape index (κ1) is 15.6. The first-order valence-electron chi connectivity index (χ1n) is 8.62. The molecule has 0 unspecified atom stereocenters. The Balaban J connectivity index is 1.51. The Hall–Kier alpha value is -1.92. The highest BCUT2D eigenvalue weighted by Crippen LogP contribution is 2.32. The monoisotopic (exact) mass is 329 g/mol. The number of carbonyl (C=O) groups excluding carboxylic acids is 1. The summed E-state index contributed by atoms with van der Waals surface area (Å²) in [4.78, 5) is 19.1. The molecule has 0 bridgehead atoms. The molecule has 2 aromatic rings. The second-order valence-electron chi connectivity index (χ2n) is 6.85. The molecule has 0 radical (unpaired) electrons. The van der Waals surface area contributed by atoms with Crippen molar-refractivity contribution in [2.24, 2.45) is 0 Å². The summed E-state index contributed by atoms with van der Waals surface area (Å²) in [5.74, 6) is -0.389. The Bertz CT molecular complexity index is 752. The standard InChI is InChI=1S/C18H23N3O3/c1-13(2)21-12-19-15-11-14(3-4-16(15)21)17(22)20-7-5-18(6-8-20)23-9-10-24-18/h3-4,11-13H,5-10H2,1-2H3. The fraction of sp³-hybridized carbons (Fsp3) is 0.556. The molecule has 24 heavy (non-hydrogen) atoms. The van der Waals surface area contributed by atoms with Crippen LogP contribution in [0.3, 0.4) is 0 Å². The average Bonchev–Trinajstić information content (AvgIpc) is 3.21. The minimum Gasteiger partial charge on any atom is -0.347 e. The lowest BCUT2D eigenvalue weighted by atomic mass is 10.0. The molecule has 6 nitrogen and oxygen atoms in total. The molecule has 2 aliphatic rings. The summed E-state index contributed by atoms with van der Waals surface area (Å²) in [7, 11) is 0. The highest BCUT2D eigenvalue weighted by atomic mass is 16.7. The molecule has 1 aromatic heterocycles. The van der Waals surface area contributed by atoms with Crippen LogP contribution in [0.5, 0.6) is 0 Å². The van der Waals surface area contributed by atoms with Gasteiger partial charge in [0.05, 0.1) is 30.6 Å². The summed E-state index contributed by atoms with van der Waals surface area (Å²) in [6.45, 7) is 6.88. The predicted molar refractivity (Wildman–Crippen MR) is 89.9 cm³/mol. The second-order valence-corrected chi connectivity index (χ2v) is 6.85. The molecular weight excluding hydrogens is 306 g/mol. The molecule has 2 fully saturated rings. The molecular formula is C18H23N3O3. The smallest absolute Gasteiger partial charge is 0.253 e. The van der Waals surface area contributed by atoms with Crippen LogP contribution in [-0.4, -0.2) is 52.4 Å². The van der Waals surface area contributed by atoms with Crippen LogP contribution in [0.1, 0.15) is 43.1 Å². The van der Waals surface area contributed by atoms with E-state index in [0.717, 1.165) is 23.9 Å². The fourth-order valence-corrected chi connectivity index (χ4v) is 3.60. The molecule has 1 aromatic carbocycles. The lowest BCUT2D eigenvalue weighted by molar-refractivity contribution is -0.181. The van der Waals surface area contributed by atoms with Crippen LogP contribution in [0, 0.1) is 0 Å². The van der Waals surface area contributed by atoms with Crippen LogP contribution < -0.4 is 0 Å². The molecule has 1 spiro atoms. The summed E-state index contributed by atoms with van der Waals surface area (Å²) in [5.41, 5.74) is 2.62. The van der Waals surface area contributed by atoms with E-state index in [9.17, 15) is 4.79 Å². The van der Waals surface area contributed by atoms with Gasteiger partial charge in [-0.3, -0.25) is 4.79 Å². The van der Waals surface area contributed by atoms with Crippen LogP contribution in [0.4, 0.5) is 0 Å². The van der Waals surface area contributed by atoms with E-state index in [2.05, 4.69) is 23.4 Å². The first-order valence-corrected chi connectivity index (χ1v) is 8.62. The third-order valence-electron chi connectivity index (χ3n) is 5.00. The molecule has 1 amide bonds. The summed E-state index contributed by atoms with van der Waals surface area (Å²) < 4.78 is 13.6. The van der Waals surface area contributed by atoms with Crippen LogP contribution in [0.15, 0.2) is 24.5 Å². The van der Waals surface area contributed by atoms with Crippen molar-refractivity contribution in [3.8, 4) is 0 Å². The third kappa shape index (κ3) is 2.59. The predicted octanol–water partition coefficient (Wildman–Crippen LogP) is 2.60. The van der Waals surface area contributed by atoms with E-state index in [1.54, 1.807) is 0 Å². The zero-order valence-electron chi connectivity index (χ0n) is 14.2. The molecule has 0 aliphatic carbocycles. The van der Waals surface area contributed by atoms with Crippen molar-refractivity contribution in [2.75, 3.05) is 26.3 Å². The molecule has 6 heteroatoms. The number of carbonyl (C=O) groups is 1. The van der Waals surface area contributed by atoms with Gasteiger partial charge in [0.25, 0.3) is 5.91 Å². The number of aromatic nitrogens is 2. The third-order valence-corrected chi connectivity index (χ3v) is 5.00. The fourth-order valence-electron chi connectivity index (χ4n) is 3.60. The van der Waals surface area contributed by atoms with E-state index >= 15 is 0 Å². The second kappa shape index (κ2) is 5.86. The van der Waals surface area contributed by atoms with Gasteiger partial charge in [-0.25, -0.2) is 4.98 Å². The van der Waals surface area contributed by atoms with E-state index in [4.69, 9.17) is 9.47 Å². The first-order chi connectivity index (χ1) is 11.6. The Morgan fingerprint density at radius 3 is 2.58 bits per heavy atom. The van der Waals surface area contributed by atoms with Gasteiger partial charge in [0.1, 0.15) is 0 Å². The van der Waals surface area contributed by atoms with Crippen LogP contribution >= 0.6 is 0 Å². The number of piperidine rings is 1. The normalized spacial score (nSPS) is 20.4. The van der Waals surface area contributed by atoms with Gasteiger partial charge in [-0.1, -0.05) is 0 Å². The summed E-state index contributed by atoms with van der Waals surface area (Å²) in [6, 6.07) is 6.13. The van der Waals surface area contributed by atoms with Crippen molar-refractivity contribution in [1.29, 1.82) is 0 Å². The number of likely N-dealkylation sites (tertiary alicyclic amines) is 1. The molecule has 128 valence electrons. The van der Waals surface area contributed by atoms with E-state index in [1.165, 1.54) is 0 Å². The molecule has 4 rings (SSSR count). The lowest BCUT2D eigenvalue weighted by Crippen LogP contribution is -2.47. The topological polar surface area (TPSA) is 56.6 Å². The van der Waals surface area contributed by atoms with E-state index in [1.807, 2.05) is 29.4 Å². The van der Waals surface area contributed by atoms with Crippen molar-refractivity contribution < 1.29 is 14.3 Å². The van der Waals surface area contributed by atoms with Crippen LogP contribution in [0.25, 0.3) is 11.0 Å². The Morgan fingerprint density at radius 2 is 1.92 bits per heavy atom. The van der Waals surface area contributed by atoms with E-state index < -0.39 is 5.79 Å². The Labute approximate surface area is 141 Å². The van der Waals surface area contributed by atoms with Crippen LogP contribution in [0.2, 0.25) is 0 Å². The van der Waals surface area contributed by atoms with Gasteiger partial charge < -0.3 is 18.9 Å². The molecule has 2 saturated heterocycles. The van der Waals surface area contributed by atoms with Crippen molar-refractivity contribution in [3.05, 3.63) is 30.1 Å². The molecule has 3 heterocycles. The highest BCUT2D eigenvalue weighted by molar-refractivity contribution is 5.97. The zero-order chi connectivity index (χ0) is 16.7. The highest BCUT2D eigenvalue weighted by Gasteiger charge is 2.40. The van der Waals surface area contributed by atoms with E-state index in [-0.39, 0.29) is 5.91 Å². The number of rotatable bonds is 2. The molecule has 0 saturated carbocycles.